The summed E-state index contributed by atoms with van der Waals surface area (Å²) in [4.78, 5) is 13.6. The van der Waals surface area contributed by atoms with E-state index in [-0.39, 0.29) is 19.6 Å². The van der Waals surface area contributed by atoms with Gasteiger partial charge in [0.2, 0.25) is 0 Å². The highest BCUT2D eigenvalue weighted by Crippen LogP contribution is 2.30. The lowest BCUT2D eigenvalue weighted by Gasteiger charge is -2.25. The lowest BCUT2D eigenvalue weighted by Crippen LogP contribution is -2.35. The first-order chi connectivity index (χ1) is 22.4. The van der Waals surface area contributed by atoms with Crippen molar-refractivity contribution >= 4 is 5.97 Å². The normalized spacial score (nSPS) is 11.0. The number of methoxy groups -OCH3 is 2. The molecule has 0 bridgehead atoms. The number of carboxylic acid groups (broad SMARTS) is 1. The molecule has 4 aromatic rings. The summed E-state index contributed by atoms with van der Waals surface area (Å²) in [5.74, 6) is 13.8. The van der Waals surface area contributed by atoms with Gasteiger partial charge in [0.05, 0.1) is 14.2 Å². The van der Waals surface area contributed by atoms with Gasteiger partial charge in [-0.15, -0.1) is 0 Å². The topological polar surface area (TPSA) is 103 Å². The van der Waals surface area contributed by atoms with Crippen LogP contribution in [0.5, 0.6) is 23.0 Å². The molecule has 0 saturated carbocycles. The predicted molar refractivity (Wildman–Crippen MR) is 178 cm³/mol. The molecule has 0 aliphatic heterocycles. The van der Waals surface area contributed by atoms with Crippen LogP contribution in [0.15, 0.2) is 97.1 Å². The van der Waals surface area contributed by atoms with Crippen molar-refractivity contribution in [2.45, 2.75) is 25.6 Å². The van der Waals surface area contributed by atoms with Gasteiger partial charge in [0.25, 0.3) is 0 Å². The van der Waals surface area contributed by atoms with E-state index in [9.17, 15) is 9.90 Å². The monoisotopic (exact) mass is 618 g/mol. The maximum Gasteiger partial charge on any atom is 0.320 e. The minimum atomic E-state index is -1.05. The number of carbonyl (C=O) groups is 1. The van der Waals surface area contributed by atoms with E-state index in [1.54, 1.807) is 14.2 Å². The van der Waals surface area contributed by atoms with Gasteiger partial charge in [0.15, 0.2) is 0 Å². The van der Waals surface area contributed by atoms with Crippen LogP contribution >= 0.6 is 0 Å². The van der Waals surface area contributed by atoms with Gasteiger partial charge in [-0.05, 0) is 42.8 Å². The van der Waals surface area contributed by atoms with Crippen LogP contribution in [0.1, 0.15) is 28.7 Å². The molecular formula is C38H38N2O6. The smallest absolute Gasteiger partial charge is 0.320 e. The molecule has 4 rings (SSSR count). The Labute approximate surface area is 270 Å². The van der Waals surface area contributed by atoms with Crippen LogP contribution in [0.4, 0.5) is 0 Å². The van der Waals surface area contributed by atoms with Gasteiger partial charge in [0, 0.05) is 54.0 Å². The van der Waals surface area contributed by atoms with Crippen molar-refractivity contribution in [3.05, 3.63) is 119 Å². The minimum Gasteiger partial charge on any atom is -0.497 e. The van der Waals surface area contributed by atoms with E-state index in [1.165, 1.54) is 0 Å². The summed E-state index contributed by atoms with van der Waals surface area (Å²) in [6.07, 6.45) is 0.249. The lowest BCUT2D eigenvalue weighted by molar-refractivity contribution is -0.138. The van der Waals surface area contributed by atoms with Crippen molar-refractivity contribution in [2.75, 3.05) is 34.0 Å². The molecular weight excluding hydrogens is 580 g/mol. The Balaban J connectivity index is 1.55. The summed E-state index contributed by atoms with van der Waals surface area (Å²) in [7, 11) is 3.20. The molecule has 0 saturated heterocycles. The number of aliphatic carboxylic acids is 1. The number of hydrogen-bond acceptors (Lipinski definition) is 7. The van der Waals surface area contributed by atoms with E-state index >= 15 is 0 Å². The first kappa shape index (κ1) is 33.5. The molecule has 0 aromatic heterocycles. The Morgan fingerprint density at radius 2 is 1.20 bits per heavy atom. The highest BCUT2D eigenvalue weighted by molar-refractivity contribution is 5.73. The number of carboxylic acids is 1. The third kappa shape index (κ3) is 10.6. The maximum atomic E-state index is 11.5. The molecule has 8 nitrogen and oxygen atoms in total. The third-order valence-electron chi connectivity index (χ3n) is 7.02. The standard InChI is InChI=1S/C38H38N2O6/c1-43-33-19-17-31(36(25-33)45-23-9-15-29-11-5-3-6-12-29)27-40(22-21-35(39)38(41)42)28-32-18-20-34(44-2)26-37(32)46-24-10-16-30-13-7-4-8-14-30/h3-8,11-14,17-20,25-26,35H,21-24,27-28,39H2,1-2H3,(H,41,42)/t35-/m0/s1. The zero-order valence-electron chi connectivity index (χ0n) is 26.1. The fraction of sp³-hybridized carbons (Fsp3) is 0.237. The Bertz CT molecular complexity index is 1570. The van der Waals surface area contributed by atoms with Gasteiger partial charge in [-0.25, -0.2) is 0 Å². The SMILES string of the molecule is COc1ccc(CN(CC[C@H](N)C(=O)O)Cc2ccc(OC)cc2OCC#Cc2ccccc2)c(OCC#Cc2ccccc2)c1. The quantitative estimate of drug-likeness (QED) is 0.182. The molecule has 4 aromatic carbocycles. The lowest BCUT2D eigenvalue weighted by atomic mass is 10.1. The molecule has 0 fully saturated rings. The second-order valence-corrected chi connectivity index (χ2v) is 10.3. The summed E-state index contributed by atoms with van der Waals surface area (Å²) < 4.78 is 23.1. The molecule has 3 N–H and O–H groups in total. The fourth-order valence-corrected chi connectivity index (χ4v) is 4.54. The number of benzene rings is 4. The second-order valence-electron chi connectivity index (χ2n) is 10.3. The highest BCUT2D eigenvalue weighted by Gasteiger charge is 2.18. The van der Waals surface area contributed by atoms with Crippen molar-refractivity contribution in [3.8, 4) is 46.7 Å². The molecule has 1 atom stereocenters. The van der Waals surface area contributed by atoms with E-state index in [0.717, 1.165) is 22.3 Å². The summed E-state index contributed by atoms with van der Waals surface area (Å²) in [5.41, 5.74) is 9.48. The van der Waals surface area contributed by atoms with Crippen molar-refractivity contribution in [2.24, 2.45) is 5.73 Å². The van der Waals surface area contributed by atoms with Crippen LogP contribution in [0, 0.1) is 23.7 Å². The van der Waals surface area contributed by atoms with Crippen LogP contribution < -0.4 is 24.7 Å². The summed E-state index contributed by atoms with van der Waals surface area (Å²) in [6, 6.07) is 29.7. The molecule has 0 aliphatic carbocycles. The van der Waals surface area contributed by atoms with Gasteiger partial charge in [-0.2, -0.15) is 0 Å². The van der Waals surface area contributed by atoms with Gasteiger partial charge >= 0.3 is 5.97 Å². The van der Waals surface area contributed by atoms with Crippen LogP contribution in [-0.4, -0.2) is 56.0 Å². The van der Waals surface area contributed by atoms with E-state index in [4.69, 9.17) is 24.7 Å². The summed E-state index contributed by atoms with van der Waals surface area (Å²) >= 11 is 0. The number of nitrogens with zero attached hydrogens (tertiary/aromatic N) is 1. The van der Waals surface area contributed by atoms with Crippen molar-refractivity contribution in [1.82, 2.24) is 4.90 Å². The van der Waals surface area contributed by atoms with Crippen molar-refractivity contribution in [1.29, 1.82) is 0 Å². The summed E-state index contributed by atoms with van der Waals surface area (Å²) in [5, 5.41) is 9.45. The zero-order valence-corrected chi connectivity index (χ0v) is 26.1. The fourth-order valence-electron chi connectivity index (χ4n) is 4.54. The van der Waals surface area contributed by atoms with Gasteiger partial charge in [0.1, 0.15) is 42.3 Å². The van der Waals surface area contributed by atoms with Crippen molar-refractivity contribution < 1.29 is 28.8 Å². The number of hydrogen-bond donors (Lipinski definition) is 2. The average molecular weight is 619 g/mol. The first-order valence-corrected chi connectivity index (χ1v) is 14.8. The molecule has 46 heavy (non-hydrogen) atoms. The average Bonchev–Trinajstić information content (AvgIpc) is 3.09. The third-order valence-corrected chi connectivity index (χ3v) is 7.02. The molecule has 0 radical (unpaired) electrons. The van der Waals surface area contributed by atoms with Crippen LogP contribution in [0.2, 0.25) is 0 Å². The largest absolute Gasteiger partial charge is 0.497 e. The predicted octanol–water partition coefficient (Wildman–Crippen LogP) is 5.37. The molecule has 0 unspecified atom stereocenters. The molecule has 8 heteroatoms. The van der Waals surface area contributed by atoms with E-state index in [0.29, 0.717) is 42.6 Å². The van der Waals surface area contributed by atoms with Gasteiger partial charge in [-0.3, -0.25) is 9.69 Å². The first-order valence-electron chi connectivity index (χ1n) is 14.8. The van der Waals surface area contributed by atoms with Crippen molar-refractivity contribution in [3.63, 3.8) is 0 Å². The van der Waals surface area contributed by atoms with Crippen LogP contribution in [0.25, 0.3) is 0 Å². The van der Waals surface area contributed by atoms with E-state index in [1.807, 2.05) is 97.1 Å². The minimum absolute atomic E-state index is 0.180. The summed E-state index contributed by atoms with van der Waals surface area (Å²) in [6.45, 7) is 1.65. The van der Waals surface area contributed by atoms with E-state index < -0.39 is 12.0 Å². The zero-order chi connectivity index (χ0) is 32.6. The Kier molecular flexibility index (Phi) is 12.9. The number of rotatable bonds is 14. The number of ether oxygens (including phenoxy) is 4. The van der Waals surface area contributed by atoms with Crippen LogP contribution in [0.3, 0.4) is 0 Å². The molecule has 0 spiro atoms. The Hall–Kier alpha value is -5.41. The van der Waals surface area contributed by atoms with Gasteiger partial charge in [-0.1, -0.05) is 72.2 Å². The Morgan fingerprint density at radius 3 is 1.61 bits per heavy atom. The molecule has 0 heterocycles. The molecule has 236 valence electrons. The maximum absolute atomic E-state index is 11.5. The molecule has 0 aliphatic rings. The Morgan fingerprint density at radius 1 is 0.739 bits per heavy atom. The molecule has 0 amide bonds. The van der Waals surface area contributed by atoms with Crippen LogP contribution in [-0.2, 0) is 17.9 Å². The number of nitrogens with two attached hydrogens (primary N) is 1. The highest BCUT2D eigenvalue weighted by atomic mass is 16.5. The van der Waals surface area contributed by atoms with Gasteiger partial charge < -0.3 is 29.8 Å². The van der Waals surface area contributed by atoms with E-state index in [2.05, 4.69) is 28.6 Å². The second kappa shape index (κ2) is 17.8.